The van der Waals surface area contributed by atoms with Crippen LogP contribution in [0.25, 0.3) is 0 Å². The van der Waals surface area contributed by atoms with Crippen molar-refractivity contribution in [2.24, 2.45) is 0 Å². The van der Waals surface area contributed by atoms with Crippen LogP contribution in [0.3, 0.4) is 0 Å². The van der Waals surface area contributed by atoms with Crippen molar-refractivity contribution in [2.45, 2.75) is 38.6 Å². The summed E-state index contributed by atoms with van der Waals surface area (Å²) >= 11 is 1.62. The molecule has 0 bridgehead atoms. The number of aromatic nitrogens is 1. The molecule has 1 saturated heterocycles. The van der Waals surface area contributed by atoms with E-state index in [0.29, 0.717) is 6.54 Å². The summed E-state index contributed by atoms with van der Waals surface area (Å²) in [4.78, 5) is 30.7. The lowest BCUT2D eigenvalue weighted by Crippen LogP contribution is -2.34. The van der Waals surface area contributed by atoms with Crippen LogP contribution < -0.4 is 5.32 Å². The maximum atomic E-state index is 11.9. The van der Waals surface area contributed by atoms with Crippen molar-refractivity contribution in [3.8, 4) is 0 Å². The monoisotopic (exact) mass is 265 g/mol. The fraction of sp³-hybridized carbons (Fsp3) is 0.583. The van der Waals surface area contributed by atoms with Gasteiger partial charge in [-0.2, -0.15) is 0 Å². The first kappa shape index (κ1) is 11.6. The Kier molecular flexibility index (Phi) is 2.81. The van der Waals surface area contributed by atoms with Crippen LogP contribution in [0, 0.1) is 0 Å². The quantitative estimate of drug-likeness (QED) is 0.834. The van der Waals surface area contributed by atoms with E-state index in [1.54, 1.807) is 11.3 Å². The molecular formula is C12H15N3O2S. The van der Waals surface area contributed by atoms with Crippen LogP contribution in [-0.4, -0.2) is 34.3 Å². The number of hydrogen-bond donors (Lipinski definition) is 1. The van der Waals surface area contributed by atoms with Crippen LogP contribution in [0.5, 0.6) is 0 Å². The van der Waals surface area contributed by atoms with Crippen LogP contribution in [0.2, 0.25) is 0 Å². The first-order valence-corrected chi connectivity index (χ1v) is 7.10. The third-order valence-electron chi connectivity index (χ3n) is 3.45. The molecule has 1 N–H and O–H groups in total. The Morgan fingerprint density at radius 2 is 2.28 bits per heavy atom. The van der Waals surface area contributed by atoms with Gasteiger partial charge in [0.2, 0.25) is 5.91 Å². The van der Waals surface area contributed by atoms with E-state index < -0.39 is 6.04 Å². The molecule has 2 heterocycles. The molecule has 3 rings (SSSR count). The van der Waals surface area contributed by atoms with Gasteiger partial charge >= 0.3 is 0 Å². The fourth-order valence-corrected chi connectivity index (χ4v) is 3.63. The number of carbonyl (C=O) groups excluding carboxylic acids is 2. The first-order valence-electron chi connectivity index (χ1n) is 6.28. The number of likely N-dealkylation sites (N-methyl/N-ethyl adjacent to an activating group) is 1. The summed E-state index contributed by atoms with van der Waals surface area (Å²) in [7, 11) is 0. The zero-order valence-electron chi connectivity index (χ0n) is 10.2. The van der Waals surface area contributed by atoms with E-state index in [-0.39, 0.29) is 18.2 Å². The summed E-state index contributed by atoms with van der Waals surface area (Å²) in [5, 5.41) is 3.89. The maximum Gasteiger partial charge on any atom is 0.252 e. The lowest BCUT2D eigenvalue weighted by Gasteiger charge is -2.12. The summed E-state index contributed by atoms with van der Waals surface area (Å²) in [5.74, 6) is -0.220. The molecule has 0 radical (unpaired) electrons. The van der Waals surface area contributed by atoms with Gasteiger partial charge in [0, 0.05) is 11.4 Å². The fourth-order valence-electron chi connectivity index (χ4n) is 2.53. The summed E-state index contributed by atoms with van der Waals surface area (Å²) < 4.78 is 0. The van der Waals surface area contributed by atoms with Crippen LogP contribution in [0.1, 0.15) is 30.3 Å². The number of carbonyl (C=O) groups is 2. The highest BCUT2D eigenvalue weighted by molar-refractivity contribution is 7.15. The molecule has 1 unspecified atom stereocenters. The normalized spacial score (nSPS) is 22.7. The van der Waals surface area contributed by atoms with Gasteiger partial charge < -0.3 is 5.32 Å². The van der Waals surface area contributed by atoms with E-state index in [9.17, 15) is 9.59 Å². The van der Waals surface area contributed by atoms with Gasteiger partial charge in [0.15, 0.2) is 5.13 Å². The van der Waals surface area contributed by atoms with Gasteiger partial charge in [0.25, 0.3) is 5.91 Å². The smallest absolute Gasteiger partial charge is 0.252 e. The average molecular weight is 265 g/mol. The Morgan fingerprint density at radius 1 is 1.44 bits per heavy atom. The van der Waals surface area contributed by atoms with E-state index in [1.807, 2.05) is 6.92 Å². The number of imide groups is 1. The van der Waals surface area contributed by atoms with Gasteiger partial charge in [0.05, 0.1) is 12.1 Å². The van der Waals surface area contributed by atoms with Crippen molar-refractivity contribution < 1.29 is 9.59 Å². The summed E-state index contributed by atoms with van der Waals surface area (Å²) in [6, 6.07) is -0.427. The highest BCUT2D eigenvalue weighted by atomic mass is 32.1. The molecule has 2 aliphatic rings. The van der Waals surface area contributed by atoms with E-state index in [1.165, 1.54) is 16.2 Å². The van der Waals surface area contributed by atoms with Gasteiger partial charge in [-0.1, -0.05) is 0 Å². The summed E-state index contributed by atoms with van der Waals surface area (Å²) in [6.07, 6.45) is 3.55. The third kappa shape index (κ3) is 1.80. The standard InChI is InChI=1S/C12H15N3O2S/c1-2-15-10(16)6-8(11(15)17)14-12-13-7-4-3-5-9(7)18-12/h8H,2-6H2,1H3,(H,13,14). The minimum atomic E-state index is -0.427. The molecule has 0 aromatic carbocycles. The minimum absolute atomic E-state index is 0.0934. The molecule has 1 fully saturated rings. The van der Waals surface area contributed by atoms with Crippen LogP contribution >= 0.6 is 11.3 Å². The van der Waals surface area contributed by atoms with Gasteiger partial charge in [-0.05, 0) is 26.2 Å². The molecule has 2 amide bonds. The van der Waals surface area contributed by atoms with Crippen molar-refractivity contribution in [1.29, 1.82) is 0 Å². The number of fused-ring (bicyclic) bond motifs is 1. The molecule has 1 aliphatic heterocycles. The average Bonchev–Trinajstić information content (AvgIpc) is 2.95. The Bertz CT molecular complexity index is 490. The van der Waals surface area contributed by atoms with Crippen molar-refractivity contribution in [1.82, 2.24) is 9.88 Å². The lowest BCUT2D eigenvalue weighted by molar-refractivity contribution is -0.138. The summed E-state index contributed by atoms with van der Waals surface area (Å²) in [6.45, 7) is 2.26. The maximum absolute atomic E-state index is 11.9. The van der Waals surface area contributed by atoms with Gasteiger partial charge in [0.1, 0.15) is 6.04 Å². The van der Waals surface area contributed by atoms with Crippen molar-refractivity contribution in [3.05, 3.63) is 10.6 Å². The van der Waals surface area contributed by atoms with Crippen molar-refractivity contribution in [3.63, 3.8) is 0 Å². The van der Waals surface area contributed by atoms with E-state index >= 15 is 0 Å². The SMILES string of the molecule is CCN1C(=O)CC(Nc2nc3c(s2)CCC3)C1=O. The highest BCUT2D eigenvalue weighted by Crippen LogP contribution is 2.31. The number of aryl methyl sites for hydroxylation is 2. The van der Waals surface area contributed by atoms with E-state index in [0.717, 1.165) is 23.7 Å². The molecule has 1 aromatic rings. The first-order chi connectivity index (χ1) is 8.69. The molecule has 96 valence electrons. The molecule has 0 spiro atoms. The molecule has 5 nitrogen and oxygen atoms in total. The predicted octanol–water partition coefficient (Wildman–Crippen LogP) is 1.19. The number of anilines is 1. The molecular weight excluding hydrogens is 250 g/mol. The Balaban J connectivity index is 1.73. The molecule has 6 heteroatoms. The molecule has 0 saturated carbocycles. The van der Waals surface area contributed by atoms with Crippen LogP contribution in [-0.2, 0) is 22.4 Å². The number of likely N-dealkylation sites (tertiary alicyclic amines) is 1. The Hall–Kier alpha value is -1.43. The second-order valence-electron chi connectivity index (χ2n) is 4.62. The lowest BCUT2D eigenvalue weighted by atomic mass is 10.2. The van der Waals surface area contributed by atoms with Crippen molar-refractivity contribution in [2.75, 3.05) is 11.9 Å². The number of hydrogen-bond acceptors (Lipinski definition) is 5. The van der Waals surface area contributed by atoms with Crippen molar-refractivity contribution >= 4 is 28.3 Å². The van der Waals surface area contributed by atoms with Gasteiger partial charge in [-0.15, -0.1) is 11.3 Å². The number of amides is 2. The number of nitrogens with one attached hydrogen (secondary N) is 1. The second kappa shape index (κ2) is 4.35. The zero-order chi connectivity index (χ0) is 12.7. The van der Waals surface area contributed by atoms with E-state index in [2.05, 4.69) is 10.3 Å². The topological polar surface area (TPSA) is 62.3 Å². The van der Waals surface area contributed by atoms with Crippen LogP contribution in [0.15, 0.2) is 0 Å². The predicted molar refractivity (Wildman–Crippen MR) is 68.6 cm³/mol. The number of rotatable bonds is 3. The van der Waals surface area contributed by atoms with Gasteiger partial charge in [-0.25, -0.2) is 4.98 Å². The summed E-state index contributed by atoms with van der Waals surface area (Å²) in [5.41, 5.74) is 1.16. The number of thiazole rings is 1. The molecule has 1 aromatic heterocycles. The molecule has 1 aliphatic carbocycles. The zero-order valence-corrected chi connectivity index (χ0v) is 11.0. The molecule has 18 heavy (non-hydrogen) atoms. The third-order valence-corrected chi connectivity index (χ3v) is 4.54. The second-order valence-corrected chi connectivity index (χ2v) is 5.70. The largest absolute Gasteiger partial charge is 0.349 e. The number of nitrogens with zero attached hydrogens (tertiary/aromatic N) is 2. The van der Waals surface area contributed by atoms with Gasteiger partial charge in [-0.3, -0.25) is 14.5 Å². The Labute approximate surface area is 109 Å². The Morgan fingerprint density at radius 3 is 2.94 bits per heavy atom. The van der Waals surface area contributed by atoms with Crippen LogP contribution in [0.4, 0.5) is 5.13 Å². The highest BCUT2D eigenvalue weighted by Gasteiger charge is 2.38. The van der Waals surface area contributed by atoms with E-state index in [4.69, 9.17) is 0 Å². The molecule has 1 atom stereocenters. The minimum Gasteiger partial charge on any atom is -0.349 e.